The molecule has 0 unspecified atom stereocenters. The Morgan fingerprint density at radius 2 is 1.89 bits per heavy atom. The Bertz CT molecular complexity index is 143. The van der Waals surface area contributed by atoms with E-state index in [9.17, 15) is 8.42 Å². The van der Waals surface area contributed by atoms with Gasteiger partial charge in [-0.15, -0.1) is 0 Å². The molecule has 0 aliphatic heterocycles. The van der Waals surface area contributed by atoms with E-state index < -0.39 is 10.1 Å². The van der Waals surface area contributed by atoms with Crippen molar-refractivity contribution in [1.82, 2.24) is 0 Å². The van der Waals surface area contributed by atoms with Gasteiger partial charge in [0.15, 0.2) is 0 Å². The first-order valence-electron chi connectivity index (χ1n) is 2.21. The van der Waals surface area contributed by atoms with Gasteiger partial charge in [-0.25, -0.2) is 0 Å². The van der Waals surface area contributed by atoms with Crippen LogP contribution in [0.25, 0.3) is 0 Å². The van der Waals surface area contributed by atoms with Gasteiger partial charge in [0.05, 0.1) is 5.75 Å². The van der Waals surface area contributed by atoms with E-state index in [2.05, 4.69) is 0 Å². The molecule has 0 atom stereocenters. The fourth-order valence-electron chi connectivity index (χ4n) is 0.266. The summed E-state index contributed by atoms with van der Waals surface area (Å²) in [6.07, 6.45) is 0.318. The molecule has 0 spiro atoms. The van der Waals surface area contributed by atoms with E-state index in [0.717, 1.165) is 0 Å². The van der Waals surface area contributed by atoms with Crippen LogP contribution in [0.5, 0.6) is 0 Å². The molecule has 0 aliphatic rings. The topological polar surface area (TPSA) is 80.4 Å². The summed E-state index contributed by atoms with van der Waals surface area (Å²) in [6, 6.07) is 0. The molecule has 0 heterocycles. The number of rotatable bonds is 3. The van der Waals surface area contributed by atoms with Gasteiger partial charge in [-0.3, -0.25) is 4.55 Å². The van der Waals surface area contributed by atoms with Crippen LogP contribution in [0.3, 0.4) is 0 Å². The van der Waals surface area contributed by atoms with E-state index in [4.69, 9.17) is 10.3 Å². The predicted octanol–water partition coefficient (Wildman–Crippen LogP) is -1.43. The molecule has 3 N–H and O–H groups in total. The standard InChI is InChI=1S/C3H9NO3S.K.H/c4-2-1-3-8(5,6)7;;/h1-4H2,(H,5,6,7);;. The van der Waals surface area contributed by atoms with Crippen molar-refractivity contribution >= 4 is 61.5 Å². The summed E-state index contributed by atoms with van der Waals surface area (Å²) in [6.45, 7) is 0.291. The average Bonchev–Trinajstić information content (AvgIpc) is 1.59. The molecule has 0 amide bonds. The van der Waals surface area contributed by atoms with Crippen molar-refractivity contribution in [3.63, 3.8) is 0 Å². The van der Waals surface area contributed by atoms with E-state index >= 15 is 0 Å². The zero-order chi connectivity index (χ0) is 6.62. The van der Waals surface area contributed by atoms with Gasteiger partial charge in [0, 0.05) is 0 Å². The zero-order valence-electron chi connectivity index (χ0n) is 4.37. The summed E-state index contributed by atoms with van der Waals surface area (Å²) in [5, 5.41) is 0. The van der Waals surface area contributed by atoms with E-state index in [-0.39, 0.29) is 57.1 Å². The molecule has 0 saturated carbocycles. The SMILES string of the molecule is NCCCS(=O)(=O)O.[KH]. The second-order valence-electron chi connectivity index (χ2n) is 1.43. The molecule has 0 rings (SSSR count). The summed E-state index contributed by atoms with van der Waals surface area (Å²) in [4.78, 5) is 0. The predicted molar refractivity (Wildman–Crippen MR) is 37.2 cm³/mol. The van der Waals surface area contributed by atoms with Crippen molar-refractivity contribution in [2.45, 2.75) is 6.42 Å². The Balaban J connectivity index is 0. The molecule has 0 aromatic heterocycles. The van der Waals surface area contributed by atoms with Gasteiger partial charge in [-0.2, -0.15) is 8.42 Å². The molecule has 0 aromatic rings. The van der Waals surface area contributed by atoms with E-state index in [1.54, 1.807) is 0 Å². The average molecular weight is 179 g/mol. The summed E-state index contributed by atoms with van der Waals surface area (Å²) < 4.78 is 27.8. The monoisotopic (exact) mass is 179 g/mol. The summed E-state index contributed by atoms with van der Waals surface area (Å²) >= 11 is 0. The van der Waals surface area contributed by atoms with Crippen LogP contribution in [0.4, 0.5) is 0 Å². The molecular weight excluding hydrogens is 169 g/mol. The van der Waals surface area contributed by atoms with Gasteiger partial charge >= 0.3 is 51.4 Å². The van der Waals surface area contributed by atoms with Gasteiger partial charge in [0.1, 0.15) is 0 Å². The molecule has 0 aromatic carbocycles. The van der Waals surface area contributed by atoms with Crippen molar-refractivity contribution < 1.29 is 13.0 Å². The fourth-order valence-corrected chi connectivity index (χ4v) is 0.797. The quantitative estimate of drug-likeness (QED) is 0.411. The molecule has 0 aliphatic carbocycles. The first kappa shape index (κ1) is 13.1. The van der Waals surface area contributed by atoms with Gasteiger partial charge in [0.2, 0.25) is 0 Å². The summed E-state index contributed by atoms with van der Waals surface area (Å²) in [5.41, 5.74) is 4.96. The molecule has 0 radical (unpaired) electrons. The van der Waals surface area contributed by atoms with Crippen LogP contribution in [-0.2, 0) is 10.1 Å². The van der Waals surface area contributed by atoms with Crippen LogP contribution in [0.2, 0.25) is 0 Å². The Morgan fingerprint density at radius 3 is 2.00 bits per heavy atom. The molecule has 52 valence electrons. The van der Waals surface area contributed by atoms with Crippen molar-refractivity contribution in [2.24, 2.45) is 5.73 Å². The first-order chi connectivity index (χ1) is 3.56. The van der Waals surface area contributed by atoms with E-state index in [1.807, 2.05) is 0 Å². The number of hydrogen-bond acceptors (Lipinski definition) is 3. The van der Waals surface area contributed by atoms with Crippen LogP contribution in [0.15, 0.2) is 0 Å². The van der Waals surface area contributed by atoms with Crippen molar-refractivity contribution in [2.75, 3.05) is 12.3 Å². The second-order valence-corrected chi connectivity index (χ2v) is 3.00. The molecule has 0 fully saturated rings. The number of nitrogens with two attached hydrogens (primary N) is 1. The molecule has 6 heteroatoms. The third kappa shape index (κ3) is 12.7. The van der Waals surface area contributed by atoms with Crippen molar-refractivity contribution in [3.05, 3.63) is 0 Å². The van der Waals surface area contributed by atoms with E-state index in [1.165, 1.54) is 0 Å². The Labute approximate surface area is 97.4 Å². The van der Waals surface area contributed by atoms with Gasteiger partial charge in [-0.05, 0) is 13.0 Å². The molecule has 0 bridgehead atoms. The normalized spacial score (nSPS) is 10.4. The molecule has 0 saturated heterocycles. The number of hydrogen-bond donors (Lipinski definition) is 2. The Kier molecular flexibility index (Phi) is 9.09. The van der Waals surface area contributed by atoms with E-state index in [0.29, 0.717) is 13.0 Å². The minimum atomic E-state index is -3.77. The second kappa shape index (κ2) is 6.23. The zero-order valence-corrected chi connectivity index (χ0v) is 5.19. The minimum absolute atomic E-state index is 0. The van der Waals surface area contributed by atoms with Crippen molar-refractivity contribution in [3.8, 4) is 0 Å². The van der Waals surface area contributed by atoms with Gasteiger partial charge < -0.3 is 5.73 Å². The van der Waals surface area contributed by atoms with Crippen molar-refractivity contribution in [1.29, 1.82) is 0 Å². The molecule has 9 heavy (non-hydrogen) atoms. The molecular formula is C3H10KNO3S. The summed E-state index contributed by atoms with van der Waals surface area (Å²) in [5.74, 6) is -0.233. The Hall–Kier alpha value is 1.51. The van der Waals surface area contributed by atoms with Crippen LogP contribution in [0, 0.1) is 0 Å². The van der Waals surface area contributed by atoms with Crippen LogP contribution < -0.4 is 5.73 Å². The molecule has 4 nitrogen and oxygen atoms in total. The third-order valence-corrected chi connectivity index (χ3v) is 1.41. The van der Waals surface area contributed by atoms with Crippen LogP contribution in [0.1, 0.15) is 6.42 Å². The van der Waals surface area contributed by atoms with Crippen LogP contribution >= 0.6 is 0 Å². The van der Waals surface area contributed by atoms with Gasteiger partial charge in [0.25, 0.3) is 10.1 Å². The Morgan fingerprint density at radius 1 is 1.44 bits per heavy atom. The maximum absolute atomic E-state index is 9.89. The first-order valence-corrected chi connectivity index (χ1v) is 3.82. The maximum atomic E-state index is 9.89. The third-order valence-electron chi connectivity index (χ3n) is 0.606. The summed E-state index contributed by atoms with van der Waals surface area (Å²) in [7, 11) is -3.77. The van der Waals surface area contributed by atoms with Gasteiger partial charge in [-0.1, -0.05) is 0 Å². The fraction of sp³-hybridized carbons (Fsp3) is 1.00. The van der Waals surface area contributed by atoms with Crippen LogP contribution in [-0.4, -0.2) is 76.7 Å².